The van der Waals surface area contributed by atoms with E-state index in [9.17, 15) is 9.18 Å². The number of nitrogens with zero attached hydrogens (tertiary/aromatic N) is 2. The van der Waals surface area contributed by atoms with Gasteiger partial charge in [-0.15, -0.1) is 0 Å². The van der Waals surface area contributed by atoms with Crippen LogP contribution >= 0.6 is 0 Å². The van der Waals surface area contributed by atoms with Gasteiger partial charge in [0, 0.05) is 42.0 Å². The maximum absolute atomic E-state index is 13.8. The van der Waals surface area contributed by atoms with Gasteiger partial charge in [0.1, 0.15) is 0 Å². The monoisotopic (exact) mass is 313 g/mol. The minimum Gasteiger partial charge on any atom is -0.448 e. The number of para-hydroxylation sites is 1. The van der Waals surface area contributed by atoms with E-state index in [0.29, 0.717) is 17.4 Å². The average molecular weight is 313 g/mol. The van der Waals surface area contributed by atoms with Gasteiger partial charge >= 0.3 is 0 Å². The lowest BCUT2D eigenvalue weighted by Crippen LogP contribution is -2.34. The summed E-state index contributed by atoms with van der Waals surface area (Å²) in [4.78, 5) is 20.6. The number of carbonyl (C=O) groups is 1. The molecule has 1 amide bonds. The number of carbonyl (C=O) groups excluding carboxylic acids is 1. The molecular formula is C17H16FN3O2. The summed E-state index contributed by atoms with van der Waals surface area (Å²) in [5.74, 6) is -0.706. The number of hydrogen-bond acceptors (Lipinski definition) is 4. The van der Waals surface area contributed by atoms with Crippen molar-refractivity contribution in [3.8, 4) is 0 Å². The van der Waals surface area contributed by atoms with E-state index in [1.54, 1.807) is 37.6 Å². The van der Waals surface area contributed by atoms with E-state index in [1.807, 2.05) is 6.92 Å². The van der Waals surface area contributed by atoms with Crippen LogP contribution in [0.5, 0.6) is 0 Å². The van der Waals surface area contributed by atoms with Crippen molar-refractivity contribution in [1.82, 2.24) is 15.3 Å². The molecule has 0 radical (unpaired) electrons. The molecule has 6 heteroatoms. The number of rotatable bonds is 4. The lowest BCUT2D eigenvalue weighted by Gasteiger charge is -2.12. The first-order chi connectivity index (χ1) is 11.1. The molecule has 0 saturated heterocycles. The van der Waals surface area contributed by atoms with Gasteiger partial charge < -0.3 is 9.73 Å². The second-order valence-corrected chi connectivity index (χ2v) is 5.45. The maximum Gasteiger partial charge on any atom is 0.287 e. The summed E-state index contributed by atoms with van der Waals surface area (Å²) in [7, 11) is 0. The Labute approximate surface area is 132 Å². The number of nitrogens with one attached hydrogen (secondary N) is 1. The van der Waals surface area contributed by atoms with Crippen molar-refractivity contribution in [1.29, 1.82) is 0 Å². The minimum absolute atomic E-state index is 0.108. The van der Waals surface area contributed by atoms with E-state index in [-0.39, 0.29) is 23.3 Å². The fraction of sp³-hybridized carbons (Fsp3) is 0.235. The molecule has 1 N–H and O–H groups in total. The SMILES string of the molecule is Cc1c(C(=O)NC(C)Cc2cnccn2)oc2c(F)cccc12. The number of aromatic nitrogens is 2. The van der Waals surface area contributed by atoms with Crippen molar-refractivity contribution >= 4 is 16.9 Å². The van der Waals surface area contributed by atoms with Crippen LogP contribution in [0.4, 0.5) is 4.39 Å². The van der Waals surface area contributed by atoms with E-state index < -0.39 is 5.82 Å². The highest BCUT2D eigenvalue weighted by Gasteiger charge is 2.20. The number of aryl methyl sites for hydroxylation is 1. The highest BCUT2D eigenvalue weighted by Crippen LogP contribution is 2.27. The Morgan fingerprint density at radius 1 is 1.39 bits per heavy atom. The van der Waals surface area contributed by atoms with E-state index >= 15 is 0 Å². The second kappa shape index (κ2) is 6.16. The summed E-state index contributed by atoms with van der Waals surface area (Å²) in [5, 5.41) is 3.45. The summed E-state index contributed by atoms with van der Waals surface area (Å²) in [6.45, 7) is 3.61. The molecule has 118 valence electrons. The van der Waals surface area contributed by atoms with Gasteiger partial charge in [0.25, 0.3) is 5.91 Å². The molecule has 0 bridgehead atoms. The highest BCUT2D eigenvalue weighted by molar-refractivity contribution is 5.99. The third kappa shape index (κ3) is 3.06. The number of hydrogen-bond donors (Lipinski definition) is 1. The topological polar surface area (TPSA) is 68.0 Å². The Morgan fingerprint density at radius 2 is 2.22 bits per heavy atom. The fourth-order valence-corrected chi connectivity index (χ4v) is 2.51. The van der Waals surface area contributed by atoms with E-state index in [2.05, 4.69) is 15.3 Å². The molecule has 0 aliphatic heterocycles. The Kier molecular flexibility index (Phi) is 4.06. The molecule has 1 unspecified atom stereocenters. The molecule has 3 rings (SSSR count). The quantitative estimate of drug-likeness (QED) is 0.804. The Morgan fingerprint density at radius 3 is 2.91 bits per heavy atom. The Hall–Kier alpha value is -2.76. The van der Waals surface area contributed by atoms with Crippen molar-refractivity contribution in [2.24, 2.45) is 0 Å². The van der Waals surface area contributed by atoms with Gasteiger partial charge in [0.15, 0.2) is 17.2 Å². The fourth-order valence-electron chi connectivity index (χ4n) is 2.51. The van der Waals surface area contributed by atoms with Gasteiger partial charge in [0.05, 0.1) is 5.69 Å². The number of benzene rings is 1. The molecule has 0 aliphatic carbocycles. The van der Waals surface area contributed by atoms with Crippen LogP contribution in [0.2, 0.25) is 0 Å². The van der Waals surface area contributed by atoms with Gasteiger partial charge in [-0.1, -0.05) is 12.1 Å². The van der Waals surface area contributed by atoms with E-state index in [0.717, 1.165) is 5.69 Å². The molecule has 0 saturated carbocycles. The van der Waals surface area contributed by atoms with Crippen LogP contribution in [-0.4, -0.2) is 21.9 Å². The summed E-state index contributed by atoms with van der Waals surface area (Å²) >= 11 is 0. The average Bonchev–Trinajstić information content (AvgIpc) is 2.87. The van der Waals surface area contributed by atoms with Gasteiger partial charge in [0.2, 0.25) is 0 Å². The van der Waals surface area contributed by atoms with Crippen LogP contribution in [0.15, 0.2) is 41.2 Å². The highest BCUT2D eigenvalue weighted by atomic mass is 19.1. The minimum atomic E-state index is -0.475. The predicted molar refractivity (Wildman–Crippen MR) is 83.6 cm³/mol. The lowest BCUT2D eigenvalue weighted by atomic mass is 10.1. The van der Waals surface area contributed by atoms with Gasteiger partial charge in [-0.2, -0.15) is 0 Å². The standard InChI is InChI=1S/C17H16FN3O2/c1-10(8-12-9-19-6-7-20-12)21-17(22)15-11(2)13-4-3-5-14(18)16(13)23-15/h3-7,9-10H,8H2,1-2H3,(H,21,22). The van der Waals surface area contributed by atoms with Crippen LogP contribution in [0, 0.1) is 12.7 Å². The van der Waals surface area contributed by atoms with Crippen molar-refractivity contribution < 1.29 is 13.6 Å². The molecule has 0 spiro atoms. The normalized spacial score (nSPS) is 12.3. The predicted octanol–water partition coefficient (Wildman–Crippen LogP) is 3.03. The molecular weight excluding hydrogens is 297 g/mol. The van der Waals surface area contributed by atoms with Crippen LogP contribution in [0.25, 0.3) is 11.0 Å². The first kappa shape index (κ1) is 15.1. The van der Waals surface area contributed by atoms with Crippen molar-refractivity contribution in [2.45, 2.75) is 26.3 Å². The second-order valence-electron chi connectivity index (χ2n) is 5.45. The summed E-state index contributed by atoms with van der Waals surface area (Å²) < 4.78 is 19.2. The molecule has 2 heterocycles. The van der Waals surface area contributed by atoms with E-state index in [4.69, 9.17) is 4.42 Å². The zero-order chi connectivity index (χ0) is 16.4. The molecule has 0 aliphatic rings. The summed E-state index contributed by atoms with van der Waals surface area (Å²) in [6.07, 6.45) is 5.41. The first-order valence-electron chi connectivity index (χ1n) is 7.29. The van der Waals surface area contributed by atoms with Crippen molar-refractivity contribution in [3.63, 3.8) is 0 Å². The van der Waals surface area contributed by atoms with Gasteiger partial charge in [-0.3, -0.25) is 14.8 Å². The van der Waals surface area contributed by atoms with Gasteiger partial charge in [-0.05, 0) is 19.9 Å². The number of halogens is 1. The van der Waals surface area contributed by atoms with Gasteiger partial charge in [-0.25, -0.2) is 4.39 Å². The zero-order valence-electron chi connectivity index (χ0n) is 12.8. The largest absolute Gasteiger partial charge is 0.448 e. The molecule has 1 atom stereocenters. The molecule has 5 nitrogen and oxygen atoms in total. The van der Waals surface area contributed by atoms with Crippen LogP contribution in [0.1, 0.15) is 28.7 Å². The van der Waals surface area contributed by atoms with Crippen molar-refractivity contribution in [3.05, 3.63) is 59.6 Å². The van der Waals surface area contributed by atoms with Crippen LogP contribution in [-0.2, 0) is 6.42 Å². The molecule has 23 heavy (non-hydrogen) atoms. The smallest absolute Gasteiger partial charge is 0.287 e. The molecule has 3 aromatic rings. The molecule has 2 aromatic heterocycles. The molecule has 1 aromatic carbocycles. The third-order valence-electron chi connectivity index (χ3n) is 3.63. The zero-order valence-corrected chi connectivity index (χ0v) is 12.8. The third-order valence-corrected chi connectivity index (χ3v) is 3.63. The lowest BCUT2D eigenvalue weighted by molar-refractivity contribution is 0.0913. The van der Waals surface area contributed by atoms with E-state index in [1.165, 1.54) is 6.07 Å². The van der Waals surface area contributed by atoms with Crippen LogP contribution < -0.4 is 5.32 Å². The molecule has 0 fully saturated rings. The van der Waals surface area contributed by atoms with Crippen molar-refractivity contribution in [2.75, 3.05) is 0 Å². The summed E-state index contributed by atoms with van der Waals surface area (Å²) in [6, 6.07) is 4.48. The Balaban J connectivity index is 1.78. The number of amides is 1. The Bertz CT molecular complexity index is 846. The summed E-state index contributed by atoms with van der Waals surface area (Å²) in [5.41, 5.74) is 1.52. The maximum atomic E-state index is 13.8. The number of fused-ring (bicyclic) bond motifs is 1. The van der Waals surface area contributed by atoms with Crippen LogP contribution in [0.3, 0.4) is 0 Å². The number of furan rings is 1. The first-order valence-corrected chi connectivity index (χ1v) is 7.29.